The summed E-state index contributed by atoms with van der Waals surface area (Å²) in [7, 11) is 0. The number of hydrogen-bond acceptors (Lipinski definition) is 3. The number of aromatic amines is 1. The van der Waals surface area contributed by atoms with E-state index in [1.165, 1.54) is 0 Å². The van der Waals surface area contributed by atoms with Crippen molar-refractivity contribution in [2.24, 2.45) is 0 Å². The molecule has 0 saturated heterocycles. The van der Waals surface area contributed by atoms with E-state index < -0.39 is 0 Å². The Kier molecular flexibility index (Phi) is 3.84. The predicted molar refractivity (Wildman–Crippen MR) is 91.3 cm³/mol. The van der Waals surface area contributed by atoms with Crippen LogP contribution in [0.4, 0.5) is 0 Å². The maximum Gasteiger partial charge on any atom is 0.168 e. The summed E-state index contributed by atoms with van der Waals surface area (Å²) in [5.41, 5.74) is 2.25. The van der Waals surface area contributed by atoms with Gasteiger partial charge in [0.25, 0.3) is 0 Å². The third-order valence-electron chi connectivity index (χ3n) is 4.18. The number of fused-ring (bicyclic) bond motifs is 1. The van der Waals surface area contributed by atoms with E-state index in [0.717, 1.165) is 16.5 Å². The standard InChI is InChI=1S/C19H22N2O2/c1-19(2,3)21-11-15-17(22)9-12(10-18(15)23)13-5-4-6-16-14(13)7-8-20-16/h4-8,11-12,20-21H,9-10H2,1-3H3. The van der Waals surface area contributed by atoms with Crippen molar-refractivity contribution in [3.63, 3.8) is 0 Å². The lowest BCUT2D eigenvalue weighted by molar-refractivity contribution is -0.124. The fraction of sp³-hybridized carbons (Fsp3) is 0.368. The summed E-state index contributed by atoms with van der Waals surface area (Å²) in [4.78, 5) is 28.1. The number of benzene rings is 1. The monoisotopic (exact) mass is 310 g/mol. The van der Waals surface area contributed by atoms with Crippen molar-refractivity contribution in [1.82, 2.24) is 10.3 Å². The molecule has 1 aliphatic carbocycles. The van der Waals surface area contributed by atoms with Gasteiger partial charge >= 0.3 is 0 Å². The quantitative estimate of drug-likeness (QED) is 0.659. The lowest BCUT2D eigenvalue weighted by Crippen LogP contribution is -2.34. The first-order valence-electron chi connectivity index (χ1n) is 7.95. The predicted octanol–water partition coefficient (Wildman–Crippen LogP) is 3.46. The molecule has 0 unspecified atom stereocenters. The normalized spacial score (nSPS) is 19.3. The molecule has 0 atom stereocenters. The van der Waals surface area contributed by atoms with E-state index in [-0.39, 0.29) is 23.0 Å². The molecule has 1 heterocycles. The van der Waals surface area contributed by atoms with E-state index in [1.54, 1.807) is 6.20 Å². The molecule has 23 heavy (non-hydrogen) atoms. The van der Waals surface area contributed by atoms with Gasteiger partial charge in [0.15, 0.2) is 11.6 Å². The molecule has 1 aromatic carbocycles. The molecule has 2 N–H and O–H groups in total. The van der Waals surface area contributed by atoms with Crippen LogP contribution in [0, 0.1) is 0 Å². The van der Waals surface area contributed by atoms with Gasteiger partial charge in [0.2, 0.25) is 0 Å². The van der Waals surface area contributed by atoms with E-state index in [1.807, 2.05) is 51.2 Å². The average Bonchev–Trinajstić information content (AvgIpc) is 2.93. The second-order valence-electron chi connectivity index (χ2n) is 7.19. The molecular weight excluding hydrogens is 288 g/mol. The number of hydrogen-bond donors (Lipinski definition) is 2. The lowest BCUT2D eigenvalue weighted by Gasteiger charge is -2.25. The van der Waals surface area contributed by atoms with Crippen molar-refractivity contribution in [2.45, 2.75) is 45.1 Å². The molecule has 2 aromatic rings. The number of allylic oxidation sites excluding steroid dienone is 1. The van der Waals surface area contributed by atoms with Crippen LogP contribution < -0.4 is 5.32 Å². The molecular formula is C19H22N2O2. The minimum atomic E-state index is -0.166. The molecule has 0 aliphatic heterocycles. The van der Waals surface area contributed by atoms with Gasteiger partial charge in [-0.25, -0.2) is 0 Å². The maximum absolute atomic E-state index is 12.4. The van der Waals surface area contributed by atoms with Crippen molar-refractivity contribution >= 4 is 22.5 Å². The Balaban J connectivity index is 1.86. The van der Waals surface area contributed by atoms with E-state index in [4.69, 9.17) is 0 Å². The highest BCUT2D eigenvalue weighted by Crippen LogP contribution is 2.35. The largest absolute Gasteiger partial charge is 0.386 e. The molecule has 120 valence electrons. The Morgan fingerprint density at radius 1 is 1.13 bits per heavy atom. The summed E-state index contributed by atoms with van der Waals surface area (Å²) in [5, 5.41) is 4.22. The van der Waals surface area contributed by atoms with Gasteiger partial charge in [-0.3, -0.25) is 9.59 Å². The SMILES string of the molecule is CC(C)(C)NC=C1C(=O)CC(c2cccc3[nH]ccc23)CC1=O. The molecule has 1 fully saturated rings. The fourth-order valence-corrected chi connectivity index (χ4v) is 3.03. The zero-order chi connectivity index (χ0) is 16.6. The van der Waals surface area contributed by atoms with Crippen LogP contribution in [-0.2, 0) is 9.59 Å². The number of carbonyl (C=O) groups is 2. The minimum Gasteiger partial charge on any atom is -0.386 e. The molecule has 1 aromatic heterocycles. The van der Waals surface area contributed by atoms with Crippen molar-refractivity contribution in [3.8, 4) is 0 Å². The number of Topliss-reactive ketones (excluding diaryl/α,β-unsaturated/α-hetero) is 2. The zero-order valence-corrected chi connectivity index (χ0v) is 13.8. The molecule has 0 spiro atoms. The maximum atomic E-state index is 12.4. The van der Waals surface area contributed by atoms with Gasteiger partial charge < -0.3 is 10.3 Å². The minimum absolute atomic E-state index is 0.0405. The molecule has 0 radical (unpaired) electrons. The van der Waals surface area contributed by atoms with Crippen LogP contribution in [0.5, 0.6) is 0 Å². The Morgan fingerprint density at radius 2 is 1.83 bits per heavy atom. The topological polar surface area (TPSA) is 62.0 Å². The lowest BCUT2D eigenvalue weighted by atomic mass is 9.79. The molecule has 0 amide bonds. The first kappa shape index (κ1) is 15.5. The van der Waals surface area contributed by atoms with E-state index >= 15 is 0 Å². The number of H-pyrrole nitrogens is 1. The average molecular weight is 310 g/mol. The first-order valence-corrected chi connectivity index (χ1v) is 7.95. The van der Waals surface area contributed by atoms with Crippen LogP contribution in [0.3, 0.4) is 0 Å². The van der Waals surface area contributed by atoms with Crippen LogP contribution in [-0.4, -0.2) is 22.1 Å². The number of nitrogens with one attached hydrogen (secondary N) is 2. The van der Waals surface area contributed by atoms with Gasteiger partial charge in [0, 0.05) is 41.7 Å². The van der Waals surface area contributed by atoms with Crippen molar-refractivity contribution in [3.05, 3.63) is 47.8 Å². The number of aromatic nitrogens is 1. The molecule has 4 nitrogen and oxygen atoms in total. The van der Waals surface area contributed by atoms with E-state index in [9.17, 15) is 9.59 Å². The van der Waals surface area contributed by atoms with E-state index in [2.05, 4.69) is 10.3 Å². The third kappa shape index (κ3) is 3.21. The number of carbonyl (C=O) groups excluding carboxylic acids is 2. The molecule has 0 bridgehead atoms. The summed E-state index contributed by atoms with van der Waals surface area (Å²) in [6.45, 7) is 5.99. The van der Waals surface area contributed by atoms with Gasteiger partial charge in [0.1, 0.15) is 0 Å². The molecule has 1 aliphatic rings. The highest BCUT2D eigenvalue weighted by molar-refractivity contribution is 6.22. The third-order valence-corrected chi connectivity index (χ3v) is 4.18. The van der Waals surface area contributed by atoms with Crippen molar-refractivity contribution in [2.75, 3.05) is 0 Å². The Hall–Kier alpha value is -2.36. The highest BCUT2D eigenvalue weighted by Gasteiger charge is 2.32. The summed E-state index contributed by atoms with van der Waals surface area (Å²) in [6.07, 6.45) is 4.25. The van der Waals surface area contributed by atoms with Gasteiger partial charge in [-0.15, -0.1) is 0 Å². The van der Waals surface area contributed by atoms with Gasteiger partial charge in [-0.1, -0.05) is 12.1 Å². The summed E-state index contributed by atoms with van der Waals surface area (Å²) < 4.78 is 0. The summed E-state index contributed by atoms with van der Waals surface area (Å²) in [5.74, 6) is -0.188. The second kappa shape index (κ2) is 5.69. The second-order valence-corrected chi connectivity index (χ2v) is 7.19. The van der Waals surface area contributed by atoms with Crippen LogP contribution >= 0.6 is 0 Å². The Morgan fingerprint density at radius 3 is 2.48 bits per heavy atom. The molecule has 1 saturated carbocycles. The number of rotatable bonds is 2. The molecule has 4 heteroatoms. The van der Waals surface area contributed by atoms with Gasteiger partial charge in [-0.2, -0.15) is 0 Å². The van der Waals surface area contributed by atoms with Crippen LogP contribution in [0.25, 0.3) is 10.9 Å². The highest BCUT2D eigenvalue weighted by atomic mass is 16.1. The van der Waals surface area contributed by atoms with Gasteiger partial charge in [-0.05, 0) is 44.4 Å². The van der Waals surface area contributed by atoms with Gasteiger partial charge in [0.05, 0.1) is 5.57 Å². The van der Waals surface area contributed by atoms with Crippen LogP contribution in [0.15, 0.2) is 42.2 Å². The van der Waals surface area contributed by atoms with Crippen molar-refractivity contribution in [1.29, 1.82) is 0 Å². The summed E-state index contributed by atoms with van der Waals surface area (Å²) in [6, 6.07) is 8.00. The van der Waals surface area contributed by atoms with Crippen LogP contribution in [0.1, 0.15) is 45.1 Å². The van der Waals surface area contributed by atoms with E-state index in [0.29, 0.717) is 18.4 Å². The summed E-state index contributed by atoms with van der Waals surface area (Å²) >= 11 is 0. The first-order chi connectivity index (χ1) is 10.8. The fourth-order valence-electron chi connectivity index (χ4n) is 3.03. The number of ketones is 2. The van der Waals surface area contributed by atoms with Crippen LogP contribution in [0.2, 0.25) is 0 Å². The Labute approximate surface area is 136 Å². The van der Waals surface area contributed by atoms with Crippen molar-refractivity contribution < 1.29 is 9.59 Å². The Bertz CT molecular complexity index is 773. The smallest absolute Gasteiger partial charge is 0.168 e. The molecule has 3 rings (SSSR count). The zero-order valence-electron chi connectivity index (χ0n) is 13.8.